The number of benzene rings is 1. The van der Waals surface area contributed by atoms with Crippen molar-refractivity contribution in [1.29, 1.82) is 0 Å². The molecule has 3 saturated heterocycles. The van der Waals surface area contributed by atoms with Crippen molar-refractivity contribution in [3.63, 3.8) is 0 Å². The Kier molecular flexibility index (Phi) is 4.94. The van der Waals surface area contributed by atoms with Gasteiger partial charge in [-0.05, 0) is 49.9 Å². The van der Waals surface area contributed by atoms with Crippen LogP contribution in [0.3, 0.4) is 0 Å². The predicted octanol–water partition coefficient (Wildman–Crippen LogP) is 2.56. The minimum Gasteiger partial charge on any atom is -0.348 e. The fourth-order valence-electron chi connectivity index (χ4n) is 5.19. The minimum absolute atomic E-state index is 0.0530. The standard InChI is InChI=1S/C22H25N5O2S2/c28-20(25-13-5-3-8-23-11-13)19-18-17-14(7-9-24-21(17)31-19)27(22(29)26-18)16-10-12-4-1-2-6-15(12)30-16/h1-2,4,6,10,13-14,17,21,23-24H,3,5,7-9,11H2,(H,25,28)(H,26,29)/t13-,14?,17?,21?/m1/s1. The Hall–Kier alpha value is -2.07. The van der Waals surface area contributed by atoms with Gasteiger partial charge in [0.05, 0.1) is 16.3 Å². The summed E-state index contributed by atoms with van der Waals surface area (Å²) in [4.78, 5) is 29.0. The number of urea groups is 1. The summed E-state index contributed by atoms with van der Waals surface area (Å²) in [6.07, 6.45) is 2.93. The second-order valence-corrected chi connectivity index (χ2v) is 10.8. The molecule has 9 heteroatoms. The molecule has 0 aliphatic carbocycles. The Bertz CT molecular complexity index is 1040. The molecule has 31 heavy (non-hydrogen) atoms. The van der Waals surface area contributed by atoms with Gasteiger partial charge in [0.2, 0.25) is 0 Å². The highest BCUT2D eigenvalue weighted by molar-refractivity contribution is 8.04. The van der Waals surface area contributed by atoms with Gasteiger partial charge >= 0.3 is 6.03 Å². The van der Waals surface area contributed by atoms with Crippen molar-refractivity contribution in [2.24, 2.45) is 5.92 Å². The first-order valence-corrected chi connectivity index (χ1v) is 12.6. The number of thiophene rings is 1. The summed E-state index contributed by atoms with van der Waals surface area (Å²) in [5.74, 6) is 0.0335. The fourth-order valence-corrected chi connectivity index (χ4v) is 7.71. The molecule has 1 aromatic carbocycles. The largest absolute Gasteiger partial charge is 0.348 e. The molecule has 0 saturated carbocycles. The van der Waals surface area contributed by atoms with Gasteiger partial charge in [-0.3, -0.25) is 9.69 Å². The van der Waals surface area contributed by atoms with Crippen molar-refractivity contribution in [3.05, 3.63) is 40.9 Å². The molecule has 0 spiro atoms. The third kappa shape index (κ3) is 3.34. The van der Waals surface area contributed by atoms with Gasteiger partial charge in [-0.2, -0.15) is 0 Å². The summed E-state index contributed by atoms with van der Waals surface area (Å²) >= 11 is 3.22. The van der Waals surface area contributed by atoms with E-state index in [1.807, 2.05) is 17.0 Å². The number of rotatable bonds is 3. The average molecular weight is 456 g/mol. The lowest BCUT2D eigenvalue weighted by atomic mass is 9.87. The predicted molar refractivity (Wildman–Crippen MR) is 125 cm³/mol. The van der Waals surface area contributed by atoms with Gasteiger partial charge < -0.3 is 21.3 Å². The average Bonchev–Trinajstić information content (AvgIpc) is 3.37. The lowest BCUT2D eigenvalue weighted by Gasteiger charge is -2.45. The number of carbonyl (C=O) groups is 2. The molecular formula is C22H25N5O2S2. The first-order chi connectivity index (χ1) is 15.2. The summed E-state index contributed by atoms with van der Waals surface area (Å²) < 4.78 is 1.18. The molecule has 4 N–H and O–H groups in total. The van der Waals surface area contributed by atoms with E-state index in [-0.39, 0.29) is 35.3 Å². The lowest BCUT2D eigenvalue weighted by molar-refractivity contribution is -0.117. The molecule has 3 fully saturated rings. The van der Waals surface area contributed by atoms with E-state index in [0.717, 1.165) is 55.0 Å². The van der Waals surface area contributed by atoms with E-state index in [0.29, 0.717) is 4.91 Å². The third-order valence-corrected chi connectivity index (χ3v) is 9.10. The van der Waals surface area contributed by atoms with E-state index >= 15 is 0 Å². The molecule has 4 atom stereocenters. The number of nitrogens with one attached hydrogen (secondary N) is 4. The van der Waals surface area contributed by atoms with Crippen molar-refractivity contribution in [1.82, 2.24) is 21.3 Å². The van der Waals surface area contributed by atoms with Crippen LogP contribution in [0.25, 0.3) is 10.1 Å². The molecule has 5 heterocycles. The third-order valence-electron chi connectivity index (χ3n) is 6.63. The number of hydrogen-bond donors (Lipinski definition) is 4. The molecule has 6 rings (SSSR count). The zero-order valence-electron chi connectivity index (χ0n) is 17.0. The fraction of sp³-hybridized carbons (Fsp3) is 0.455. The van der Waals surface area contributed by atoms with E-state index in [1.165, 1.54) is 4.70 Å². The highest BCUT2D eigenvalue weighted by Gasteiger charge is 2.52. The Morgan fingerprint density at radius 2 is 2.10 bits per heavy atom. The van der Waals surface area contributed by atoms with Crippen LogP contribution in [0.4, 0.5) is 9.80 Å². The summed E-state index contributed by atoms with van der Waals surface area (Å²) in [7, 11) is 0. The van der Waals surface area contributed by atoms with Crippen molar-refractivity contribution >= 4 is 50.1 Å². The molecule has 3 unspecified atom stereocenters. The van der Waals surface area contributed by atoms with Crippen LogP contribution >= 0.6 is 23.1 Å². The lowest BCUT2D eigenvalue weighted by Crippen LogP contribution is -2.62. The maximum atomic E-state index is 13.3. The Balaban J connectivity index is 1.31. The van der Waals surface area contributed by atoms with Crippen LogP contribution < -0.4 is 26.2 Å². The molecule has 0 radical (unpaired) electrons. The van der Waals surface area contributed by atoms with Crippen LogP contribution in [-0.4, -0.2) is 49.0 Å². The molecule has 4 aliphatic rings. The van der Waals surface area contributed by atoms with Gasteiger partial charge in [0.25, 0.3) is 5.91 Å². The summed E-state index contributed by atoms with van der Waals surface area (Å²) in [6.45, 7) is 2.65. The van der Waals surface area contributed by atoms with Crippen molar-refractivity contribution < 1.29 is 9.59 Å². The van der Waals surface area contributed by atoms with Gasteiger partial charge in [-0.25, -0.2) is 4.79 Å². The summed E-state index contributed by atoms with van der Waals surface area (Å²) in [5, 5.41) is 15.4. The van der Waals surface area contributed by atoms with Crippen LogP contribution in [0.5, 0.6) is 0 Å². The molecular weight excluding hydrogens is 430 g/mol. The Labute approximate surface area is 189 Å². The monoisotopic (exact) mass is 455 g/mol. The van der Waals surface area contributed by atoms with E-state index in [4.69, 9.17) is 0 Å². The van der Waals surface area contributed by atoms with Crippen molar-refractivity contribution in [2.75, 3.05) is 24.5 Å². The highest BCUT2D eigenvalue weighted by atomic mass is 32.2. The highest BCUT2D eigenvalue weighted by Crippen LogP contribution is 2.49. The van der Waals surface area contributed by atoms with Gasteiger partial charge in [0.15, 0.2) is 0 Å². The minimum atomic E-state index is -0.129. The molecule has 3 amide bonds. The molecule has 4 aliphatic heterocycles. The number of piperidine rings is 2. The van der Waals surface area contributed by atoms with Crippen LogP contribution in [0.15, 0.2) is 40.9 Å². The molecule has 0 bridgehead atoms. The van der Waals surface area contributed by atoms with Crippen molar-refractivity contribution in [3.8, 4) is 0 Å². The maximum absolute atomic E-state index is 13.3. The van der Waals surface area contributed by atoms with Gasteiger partial charge in [-0.1, -0.05) is 30.0 Å². The Morgan fingerprint density at radius 3 is 2.94 bits per heavy atom. The zero-order chi connectivity index (χ0) is 20.9. The maximum Gasteiger partial charge on any atom is 0.327 e. The smallest absolute Gasteiger partial charge is 0.327 e. The zero-order valence-corrected chi connectivity index (χ0v) is 18.7. The second-order valence-electron chi connectivity index (χ2n) is 8.56. The van der Waals surface area contributed by atoms with Crippen molar-refractivity contribution in [2.45, 2.75) is 36.7 Å². The number of fused-ring (bicyclic) bond motifs is 1. The van der Waals surface area contributed by atoms with Crippen LogP contribution in [-0.2, 0) is 4.79 Å². The molecule has 1 aromatic heterocycles. The number of amides is 3. The Morgan fingerprint density at radius 1 is 1.19 bits per heavy atom. The topological polar surface area (TPSA) is 85.5 Å². The number of thioether (sulfide) groups is 1. The first-order valence-electron chi connectivity index (χ1n) is 10.9. The van der Waals surface area contributed by atoms with Crippen LogP contribution in [0.2, 0.25) is 0 Å². The molecule has 2 aromatic rings. The van der Waals surface area contributed by atoms with E-state index in [2.05, 4.69) is 39.5 Å². The molecule has 7 nitrogen and oxygen atoms in total. The number of carbonyl (C=O) groups excluding carboxylic acids is 2. The number of hydrogen-bond acceptors (Lipinski definition) is 6. The second kappa shape index (κ2) is 7.81. The molecule has 162 valence electrons. The van der Waals surface area contributed by atoms with Gasteiger partial charge in [0, 0.05) is 28.9 Å². The summed E-state index contributed by atoms with van der Waals surface area (Å²) in [5.41, 5.74) is 0.802. The van der Waals surface area contributed by atoms with E-state index < -0.39 is 0 Å². The van der Waals surface area contributed by atoms with Crippen LogP contribution in [0, 0.1) is 5.92 Å². The normalized spacial score (nSPS) is 30.3. The van der Waals surface area contributed by atoms with Crippen LogP contribution in [0.1, 0.15) is 19.3 Å². The number of anilines is 1. The first kappa shape index (κ1) is 19.6. The van der Waals surface area contributed by atoms with Gasteiger partial charge in [-0.15, -0.1) is 11.3 Å². The van der Waals surface area contributed by atoms with E-state index in [1.54, 1.807) is 23.1 Å². The SMILES string of the molecule is O=C(N[C@@H]1CCCNC1)C1=C2NC(=O)N(c3cc4ccccc4s3)C3CCNC(S1)C23. The van der Waals surface area contributed by atoms with Gasteiger partial charge in [0.1, 0.15) is 5.00 Å². The van der Waals surface area contributed by atoms with E-state index in [9.17, 15) is 9.59 Å². The summed E-state index contributed by atoms with van der Waals surface area (Å²) in [6, 6.07) is 10.4. The number of nitrogens with zero attached hydrogens (tertiary/aromatic N) is 1. The quantitative estimate of drug-likeness (QED) is 0.572.